The molecule has 172 valence electrons. The van der Waals surface area contributed by atoms with Gasteiger partial charge in [-0.25, -0.2) is 19.4 Å². The quantitative estimate of drug-likeness (QED) is 0.293. The van der Waals surface area contributed by atoms with Crippen molar-refractivity contribution >= 4 is 40.9 Å². The number of aliphatic carboxylic acids is 1. The fourth-order valence-electron chi connectivity index (χ4n) is 2.74. The molecule has 0 radical (unpaired) electrons. The summed E-state index contributed by atoms with van der Waals surface area (Å²) in [6, 6.07) is 6.46. The number of rotatable bonds is 2. The van der Waals surface area contributed by atoms with Crippen LogP contribution in [0.1, 0.15) is 43.3 Å². The largest absolute Gasteiger partial charge is 0.490 e. The van der Waals surface area contributed by atoms with E-state index in [1.54, 1.807) is 18.2 Å². The van der Waals surface area contributed by atoms with Crippen molar-refractivity contribution in [1.82, 2.24) is 0 Å². The zero-order valence-corrected chi connectivity index (χ0v) is 17.1. The molecule has 13 heteroatoms. The number of aromatic carboxylic acids is 1. The number of carbonyl (C=O) groups is 3. The smallest absolute Gasteiger partial charge is 0.477 e. The van der Waals surface area contributed by atoms with Gasteiger partial charge in [-0.05, 0) is 49.4 Å². The minimum Gasteiger partial charge on any atom is -0.477 e. The van der Waals surface area contributed by atoms with Crippen molar-refractivity contribution in [2.75, 3.05) is 0 Å². The molecule has 1 aliphatic heterocycles. The maximum absolute atomic E-state index is 12.5. The topological polar surface area (TPSA) is 165 Å². The molecular weight excluding hydrogens is 455 g/mol. The highest BCUT2D eigenvalue weighted by Gasteiger charge is 2.38. The maximum atomic E-state index is 12.5. The van der Waals surface area contributed by atoms with Crippen molar-refractivity contribution in [3.63, 3.8) is 0 Å². The number of alkyl halides is 3. The van der Waals surface area contributed by atoms with Crippen LogP contribution in [0.15, 0.2) is 29.3 Å². The molecule has 1 aliphatic rings. The Morgan fingerprint density at radius 3 is 2.28 bits per heavy atom. The third-order valence-corrected chi connectivity index (χ3v) is 5.26. The molecule has 3 rings (SSSR count). The fraction of sp³-hybridized carbons (Fsp3) is 0.263. The van der Waals surface area contributed by atoms with E-state index in [1.807, 2.05) is 0 Å². The van der Waals surface area contributed by atoms with Crippen LogP contribution in [-0.4, -0.2) is 40.3 Å². The minimum absolute atomic E-state index is 0.0495. The normalized spacial score (nSPS) is 13.4. The molecule has 0 bridgehead atoms. The molecule has 32 heavy (non-hydrogen) atoms. The van der Waals surface area contributed by atoms with Crippen molar-refractivity contribution < 1.29 is 42.5 Å². The predicted octanol–water partition coefficient (Wildman–Crippen LogP) is 3.08. The number of esters is 1. The number of aryl methyl sites for hydroxylation is 2. The molecule has 9 nitrogen and oxygen atoms in total. The van der Waals surface area contributed by atoms with Crippen LogP contribution in [0.25, 0.3) is 0 Å². The van der Waals surface area contributed by atoms with E-state index in [-0.39, 0.29) is 10.8 Å². The number of guanidine groups is 1. The van der Waals surface area contributed by atoms with Gasteiger partial charge in [0, 0.05) is 10.9 Å². The number of carboxylic acids is 2. The van der Waals surface area contributed by atoms with Gasteiger partial charge in [0.15, 0.2) is 5.96 Å². The van der Waals surface area contributed by atoms with E-state index in [0.717, 1.165) is 34.6 Å². The highest BCUT2D eigenvalue weighted by Crippen LogP contribution is 2.33. The number of aliphatic imine (C=N–C) groups is 1. The lowest BCUT2D eigenvalue weighted by molar-refractivity contribution is -0.192. The average Bonchev–Trinajstić information content (AvgIpc) is 3.07. The highest BCUT2D eigenvalue weighted by atomic mass is 32.1. The lowest BCUT2D eigenvalue weighted by atomic mass is 9.99. The van der Waals surface area contributed by atoms with Crippen molar-refractivity contribution in [3.8, 4) is 5.75 Å². The molecule has 0 atom stereocenters. The third kappa shape index (κ3) is 6.70. The van der Waals surface area contributed by atoms with E-state index < -0.39 is 24.1 Å². The Hall–Kier alpha value is -3.61. The number of hydrogen-bond donors (Lipinski definition) is 4. The molecule has 0 fully saturated rings. The second-order valence-electron chi connectivity index (χ2n) is 6.48. The summed E-state index contributed by atoms with van der Waals surface area (Å²) in [5, 5.41) is 16.3. The summed E-state index contributed by atoms with van der Waals surface area (Å²) in [6.45, 7) is 0. The van der Waals surface area contributed by atoms with Gasteiger partial charge in [-0.15, -0.1) is 11.3 Å². The number of carboxylic acid groups (broad SMARTS) is 2. The summed E-state index contributed by atoms with van der Waals surface area (Å²) in [7, 11) is 0. The number of carbonyl (C=O) groups excluding carboxylic acids is 1. The van der Waals surface area contributed by atoms with E-state index >= 15 is 0 Å². The fourth-order valence-corrected chi connectivity index (χ4v) is 3.70. The van der Waals surface area contributed by atoms with Crippen LogP contribution in [0.2, 0.25) is 0 Å². The van der Waals surface area contributed by atoms with Gasteiger partial charge < -0.3 is 26.4 Å². The van der Waals surface area contributed by atoms with Gasteiger partial charge in [0.1, 0.15) is 10.6 Å². The lowest BCUT2D eigenvalue weighted by Gasteiger charge is -2.13. The van der Waals surface area contributed by atoms with Gasteiger partial charge in [0.2, 0.25) is 0 Å². The Morgan fingerprint density at radius 1 is 1.09 bits per heavy atom. The maximum Gasteiger partial charge on any atom is 0.490 e. The van der Waals surface area contributed by atoms with E-state index in [2.05, 4.69) is 4.99 Å². The van der Waals surface area contributed by atoms with Crippen LogP contribution >= 0.6 is 11.3 Å². The number of ether oxygens (including phenoxy) is 1. The molecule has 2 heterocycles. The molecule has 0 aliphatic carbocycles. The average molecular weight is 473 g/mol. The summed E-state index contributed by atoms with van der Waals surface area (Å²) in [5.41, 5.74) is 12.6. The van der Waals surface area contributed by atoms with Crippen LogP contribution in [-0.2, 0) is 17.6 Å². The number of hydrogen-bond acceptors (Lipinski definition) is 6. The number of nitrogens with zero attached hydrogens (tertiary/aromatic N) is 1. The standard InChI is InChI=1S/C17H17N3O4S.C2HF3O2/c18-17(19)20-10-5-6-11-9(7-10)3-1-2-4-13-12(24-16(11)23)8-14(25-13)15(21)22;3-2(4,5)1(6)7/h5-8H,1-4H2,(H,21,22)(H4,18,19,20);(H,6,7). The molecule has 0 saturated carbocycles. The summed E-state index contributed by atoms with van der Waals surface area (Å²) < 4.78 is 37.2. The Balaban J connectivity index is 0.000000451. The van der Waals surface area contributed by atoms with Crippen LogP contribution < -0.4 is 16.2 Å². The first-order chi connectivity index (χ1) is 14.9. The molecule has 0 unspecified atom stereocenters. The Kier molecular flexibility index (Phi) is 7.81. The van der Waals surface area contributed by atoms with Gasteiger partial charge in [-0.1, -0.05) is 0 Å². The van der Waals surface area contributed by atoms with Crippen molar-refractivity contribution in [2.24, 2.45) is 16.5 Å². The molecule has 1 aromatic carbocycles. The van der Waals surface area contributed by atoms with Gasteiger partial charge in [-0.2, -0.15) is 13.2 Å². The monoisotopic (exact) mass is 473 g/mol. The molecule has 1 aromatic heterocycles. The van der Waals surface area contributed by atoms with Crippen molar-refractivity contribution in [3.05, 3.63) is 45.1 Å². The van der Waals surface area contributed by atoms with Gasteiger partial charge in [-0.3, -0.25) is 0 Å². The van der Waals surface area contributed by atoms with Crippen LogP contribution in [0.3, 0.4) is 0 Å². The molecule has 0 amide bonds. The second-order valence-corrected chi connectivity index (χ2v) is 7.62. The number of fused-ring (bicyclic) bond motifs is 2. The SMILES string of the molecule is NC(N)=Nc1ccc2c(c1)CCCCc1sc(C(=O)O)cc1OC2=O.O=C(O)C(F)(F)F. The number of thiophene rings is 1. The first-order valence-corrected chi connectivity index (χ1v) is 9.81. The summed E-state index contributed by atoms with van der Waals surface area (Å²) in [6.07, 6.45) is -2.02. The van der Waals surface area contributed by atoms with Gasteiger partial charge >= 0.3 is 24.1 Å². The van der Waals surface area contributed by atoms with E-state index in [4.69, 9.17) is 31.2 Å². The Labute approximate surface area is 183 Å². The van der Waals surface area contributed by atoms with Crippen LogP contribution in [0.4, 0.5) is 18.9 Å². The molecular formula is C19H18F3N3O6S. The number of halogens is 3. The third-order valence-electron chi connectivity index (χ3n) is 4.09. The van der Waals surface area contributed by atoms with E-state index in [1.165, 1.54) is 6.07 Å². The summed E-state index contributed by atoms with van der Waals surface area (Å²) in [5.74, 6) is -4.01. The van der Waals surface area contributed by atoms with E-state index in [9.17, 15) is 22.8 Å². The number of benzene rings is 1. The van der Waals surface area contributed by atoms with Crippen LogP contribution in [0.5, 0.6) is 5.75 Å². The zero-order valence-electron chi connectivity index (χ0n) is 16.3. The van der Waals surface area contributed by atoms with E-state index in [0.29, 0.717) is 29.8 Å². The Bertz CT molecular complexity index is 1060. The zero-order chi connectivity index (χ0) is 24.1. The van der Waals surface area contributed by atoms with Crippen LogP contribution in [0, 0.1) is 0 Å². The number of nitrogens with two attached hydrogens (primary N) is 2. The van der Waals surface area contributed by atoms with Crippen molar-refractivity contribution in [1.29, 1.82) is 0 Å². The second kappa shape index (κ2) is 10.1. The predicted molar refractivity (Wildman–Crippen MR) is 108 cm³/mol. The molecule has 0 spiro atoms. The summed E-state index contributed by atoms with van der Waals surface area (Å²) >= 11 is 1.15. The van der Waals surface area contributed by atoms with Gasteiger partial charge in [0.05, 0.1) is 11.3 Å². The molecule has 2 aromatic rings. The summed E-state index contributed by atoms with van der Waals surface area (Å²) in [4.78, 5) is 37.6. The highest BCUT2D eigenvalue weighted by molar-refractivity contribution is 7.14. The van der Waals surface area contributed by atoms with Gasteiger partial charge in [0.25, 0.3) is 0 Å². The van der Waals surface area contributed by atoms with Crippen molar-refractivity contribution in [2.45, 2.75) is 31.9 Å². The minimum atomic E-state index is -5.08. The first kappa shape index (κ1) is 24.7. The molecule has 0 saturated heterocycles. The molecule has 6 N–H and O–H groups in total. The Morgan fingerprint density at radius 2 is 1.72 bits per heavy atom. The first-order valence-electron chi connectivity index (χ1n) is 8.99. The lowest BCUT2D eigenvalue weighted by Crippen LogP contribution is -2.22.